The highest BCUT2D eigenvalue weighted by atomic mass is 16.5. The number of para-hydroxylation sites is 1. The summed E-state index contributed by atoms with van der Waals surface area (Å²) in [5.41, 5.74) is 1.33. The number of carbonyl (C=O) groups excluding carboxylic acids is 1. The predicted molar refractivity (Wildman–Crippen MR) is 70.3 cm³/mol. The zero-order chi connectivity index (χ0) is 13.1. The van der Waals surface area contributed by atoms with Gasteiger partial charge < -0.3 is 13.9 Å². The minimum absolute atomic E-state index is 0.0311. The van der Waals surface area contributed by atoms with Gasteiger partial charge in [0.05, 0.1) is 11.7 Å². The average molecular weight is 260 g/mol. The van der Waals surface area contributed by atoms with E-state index in [0.717, 1.165) is 23.8 Å². The van der Waals surface area contributed by atoms with E-state index in [1.54, 1.807) is 0 Å². The van der Waals surface area contributed by atoms with Crippen LogP contribution in [0.4, 0.5) is 0 Å². The first kappa shape index (κ1) is 12.4. The molecule has 0 atom stereocenters. The molecule has 4 nitrogen and oxygen atoms in total. The molecule has 2 heterocycles. The summed E-state index contributed by atoms with van der Waals surface area (Å²) >= 11 is 0. The number of fused-ring (bicyclic) bond motifs is 1. The van der Waals surface area contributed by atoms with Crippen molar-refractivity contribution in [1.82, 2.24) is 0 Å². The van der Waals surface area contributed by atoms with Gasteiger partial charge in [-0.3, -0.25) is 4.79 Å². The molecular formula is C15H16O4. The van der Waals surface area contributed by atoms with Crippen LogP contribution < -0.4 is 0 Å². The molecule has 3 rings (SSSR count). The fraction of sp³-hybridized carbons (Fsp3) is 0.400. The van der Waals surface area contributed by atoms with E-state index in [1.165, 1.54) is 6.26 Å². The van der Waals surface area contributed by atoms with Crippen molar-refractivity contribution in [2.24, 2.45) is 0 Å². The molecule has 19 heavy (non-hydrogen) atoms. The van der Waals surface area contributed by atoms with Gasteiger partial charge in [-0.15, -0.1) is 0 Å². The van der Waals surface area contributed by atoms with Crippen LogP contribution in [0, 0.1) is 0 Å². The zero-order valence-electron chi connectivity index (χ0n) is 10.6. The van der Waals surface area contributed by atoms with Crippen LogP contribution in [0.1, 0.15) is 23.2 Å². The molecule has 0 radical (unpaired) electrons. The summed E-state index contributed by atoms with van der Waals surface area (Å²) in [5.74, 6) is -0.0311. The maximum Gasteiger partial charge on any atom is 0.192 e. The van der Waals surface area contributed by atoms with Crippen LogP contribution in [0.25, 0.3) is 11.0 Å². The van der Waals surface area contributed by atoms with Gasteiger partial charge in [-0.2, -0.15) is 0 Å². The first-order valence-electron chi connectivity index (χ1n) is 6.53. The SMILES string of the molecule is O=C(COC1CCOCC1)c1coc2ccccc12. The van der Waals surface area contributed by atoms with Crippen LogP contribution in [-0.4, -0.2) is 31.7 Å². The molecule has 0 saturated carbocycles. The van der Waals surface area contributed by atoms with Gasteiger partial charge in [-0.05, 0) is 18.9 Å². The number of rotatable bonds is 4. The van der Waals surface area contributed by atoms with Crippen molar-refractivity contribution in [3.8, 4) is 0 Å². The molecule has 1 aliphatic heterocycles. The fourth-order valence-corrected chi connectivity index (χ4v) is 2.31. The Hall–Kier alpha value is -1.65. The molecule has 1 aliphatic rings. The van der Waals surface area contributed by atoms with Crippen LogP contribution in [0.3, 0.4) is 0 Å². The predicted octanol–water partition coefficient (Wildman–Crippen LogP) is 2.81. The molecule has 0 unspecified atom stereocenters. The summed E-state index contributed by atoms with van der Waals surface area (Å²) in [5, 5.41) is 0.850. The van der Waals surface area contributed by atoms with Crippen molar-refractivity contribution in [1.29, 1.82) is 0 Å². The minimum Gasteiger partial charge on any atom is -0.464 e. The van der Waals surface area contributed by atoms with E-state index < -0.39 is 0 Å². The summed E-state index contributed by atoms with van der Waals surface area (Å²) in [7, 11) is 0. The van der Waals surface area contributed by atoms with Gasteiger partial charge >= 0.3 is 0 Å². The molecule has 100 valence electrons. The van der Waals surface area contributed by atoms with E-state index in [0.29, 0.717) is 18.8 Å². The molecule has 1 fully saturated rings. The number of ketones is 1. The van der Waals surface area contributed by atoms with Crippen molar-refractivity contribution >= 4 is 16.8 Å². The highest BCUT2D eigenvalue weighted by molar-refractivity contribution is 6.07. The van der Waals surface area contributed by atoms with Gasteiger partial charge in [0, 0.05) is 18.6 Å². The number of hydrogen-bond donors (Lipinski definition) is 0. The molecule has 1 aromatic heterocycles. The Bertz CT molecular complexity index is 566. The van der Waals surface area contributed by atoms with Gasteiger partial charge in [0.2, 0.25) is 0 Å². The number of furan rings is 1. The van der Waals surface area contributed by atoms with Crippen LogP contribution >= 0.6 is 0 Å². The van der Waals surface area contributed by atoms with E-state index in [1.807, 2.05) is 24.3 Å². The molecule has 4 heteroatoms. The van der Waals surface area contributed by atoms with Crippen molar-refractivity contribution < 1.29 is 18.7 Å². The lowest BCUT2D eigenvalue weighted by molar-refractivity contribution is -0.0262. The molecule has 1 aromatic carbocycles. The van der Waals surface area contributed by atoms with Gasteiger partial charge in [-0.25, -0.2) is 0 Å². The van der Waals surface area contributed by atoms with Gasteiger partial charge in [-0.1, -0.05) is 18.2 Å². The van der Waals surface area contributed by atoms with Gasteiger partial charge in [0.1, 0.15) is 18.5 Å². The van der Waals surface area contributed by atoms with Crippen LogP contribution in [0.2, 0.25) is 0 Å². The Morgan fingerprint density at radius 3 is 2.89 bits per heavy atom. The van der Waals surface area contributed by atoms with Gasteiger partial charge in [0.25, 0.3) is 0 Å². The summed E-state index contributed by atoms with van der Waals surface area (Å²) < 4.78 is 16.3. The molecule has 0 N–H and O–H groups in total. The van der Waals surface area contributed by atoms with E-state index in [9.17, 15) is 4.79 Å². The van der Waals surface area contributed by atoms with E-state index >= 15 is 0 Å². The molecule has 0 bridgehead atoms. The summed E-state index contributed by atoms with van der Waals surface area (Å²) in [4.78, 5) is 12.1. The Labute approximate surface area is 111 Å². The van der Waals surface area contributed by atoms with Crippen LogP contribution in [0.15, 0.2) is 34.9 Å². The van der Waals surface area contributed by atoms with Crippen molar-refractivity contribution in [3.05, 3.63) is 36.1 Å². The molecule has 0 aliphatic carbocycles. The average Bonchev–Trinajstić information content (AvgIpc) is 2.90. The zero-order valence-corrected chi connectivity index (χ0v) is 10.6. The van der Waals surface area contributed by atoms with Crippen LogP contribution in [-0.2, 0) is 9.47 Å². The lowest BCUT2D eigenvalue weighted by Crippen LogP contribution is -2.25. The topological polar surface area (TPSA) is 48.7 Å². The smallest absolute Gasteiger partial charge is 0.192 e. The van der Waals surface area contributed by atoms with E-state index in [-0.39, 0.29) is 18.5 Å². The third kappa shape index (κ3) is 2.69. The van der Waals surface area contributed by atoms with Crippen molar-refractivity contribution in [2.45, 2.75) is 18.9 Å². The van der Waals surface area contributed by atoms with Crippen molar-refractivity contribution in [2.75, 3.05) is 19.8 Å². The van der Waals surface area contributed by atoms with Crippen molar-refractivity contribution in [3.63, 3.8) is 0 Å². The van der Waals surface area contributed by atoms with E-state index in [4.69, 9.17) is 13.9 Å². The first-order chi connectivity index (χ1) is 9.34. The molecular weight excluding hydrogens is 244 g/mol. The molecule has 1 saturated heterocycles. The number of benzene rings is 1. The second-order valence-corrected chi connectivity index (χ2v) is 4.69. The maximum absolute atomic E-state index is 12.1. The summed E-state index contributed by atoms with van der Waals surface area (Å²) in [6.45, 7) is 1.54. The molecule has 0 spiro atoms. The fourth-order valence-electron chi connectivity index (χ4n) is 2.31. The summed E-state index contributed by atoms with van der Waals surface area (Å²) in [6, 6.07) is 7.53. The lowest BCUT2D eigenvalue weighted by Gasteiger charge is -2.21. The third-order valence-corrected chi connectivity index (χ3v) is 3.40. The summed E-state index contributed by atoms with van der Waals surface area (Å²) in [6.07, 6.45) is 3.37. The Morgan fingerprint density at radius 2 is 2.05 bits per heavy atom. The Morgan fingerprint density at radius 1 is 1.26 bits per heavy atom. The minimum atomic E-state index is -0.0311. The standard InChI is InChI=1S/C15H16O4/c16-14(10-18-11-5-7-17-8-6-11)13-9-19-15-4-2-1-3-12(13)15/h1-4,9,11H,5-8,10H2. The Balaban J connectivity index is 1.66. The second-order valence-electron chi connectivity index (χ2n) is 4.69. The monoisotopic (exact) mass is 260 g/mol. The first-order valence-corrected chi connectivity index (χ1v) is 6.53. The largest absolute Gasteiger partial charge is 0.464 e. The lowest BCUT2D eigenvalue weighted by atomic mass is 10.1. The highest BCUT2D eigenvalue weighted by Crippen LogP contribution is 2.21. The third-order valence-electron chi connectivity index (χ3n) is 3.40. The number of carbonyl (C=O) groups is 1. The highest BCUT2D eigenvalue weighted by Gasteiger charge is 2.18. The quantitative estimate of drug-likeness (QED) is 0.793. The molecule has 2 aromatic rings. The Kier molecular flexibility index (Phi) is 3.62. The maximum atomic E-state index is 12.1. The van der Waals surface area contributed by atoms with Gasteiger partial charge in [0.15, 0.2) is 5.78 Å². The van der Waals surface area contributed by atoms with E-state index in [2.05, 4.69) is 0 Å². The normalized spacial score (nSPS) is 16.8. The number of Topliss-reactive ketones (excluding diaryl/α,β-unsaturated/α-hetero) is 1. The molecule has 0 amide bonds. The second kappa shape index (κ2) is 5.55. The number of ether oxygens (including phenoxy) is 2. The van der Waals surface area contributed by atoms with Crippen LogP contribution in [0.5, 0.6) is 0 Å². The number of hydrogen-bond acceptors (Lipinski definition) is 4.